The number of hydrogen-bond acceptors (Lipinski definition) is 4. The van der Waals surface area contributed by atoms with Crippen molar-refractivity contribution >= 4 is 17.5 Å². The minimum atomic E-state index is 0.435. The van der Waals surface area contributed by atoms with Crippen molar-refractivity contribution in [2.75, 3.05) is 19.0 Å². The van der Waals surface area contributed by atoms with Gasteiger partial charge < -0.3 is 10.1 Å². The van der Waals surface area contributed by atoms with E-state index < -0.39 is 0 Å². The monoisotopic (exact) mass is 291 g/mol. The fourth-order valence-electron chi connectivity index (χ4n) is 1.78. The molecular formula is C15H18ClN3O. The molecule has 0 unspecified atom stereocenters. The quantitative estimate of drug-likeness (QED) is 0.645. The second kappa shape index (κ2) is 7.10. The molecule has 1 aromatic heterocycles. The number of benzene rings is 1. The largest absolute Gasteiger partial charge is 0.497 e. The Kier molecular flexibility index (Phi) is 5.18. The molecule has 0 saturated carbocycles. The summed E-state index contributed by atoms with van der Waals surface area (Å²) in [6.45, 7) is 2.99. The van der Waals surface area contributed by atoms with E-state index in [4.69, 9.17) is 16.3 Å². The van der Waals surface area contributed by atoms with E-state index in [0.29, 0.717) is 11.1 Å². The Bertz CT molecular complexity index is 558. The molecule has 1 N–H and O–H groups in total. The van der Waals surface area contributed by atoms with Gasteiger partial charge in [0.2, 0.25) is 5.95 Å². The molecule has 0 bridgehead atoms. The van der Waals surface area contributed by atoms with Crippen LogP contribution in [0.25, 0.3) is 11.3 Å². The number of aromatic nitrogens is 2. The van der Waals surface area contributed by atoms with Gasteiger partial charge in [0.15, 0.2) is 0 Å². The minimum absolute atomic E-state index is 0.435. The average molecular weight is 292 g/mol. The highest BCUT2D eigenvalue weighted by molar-refractivity contribution is 6.29. The van der Waals surface area contributed by atoms with Crippen LogP contribution in [-0.2, 0) is 0 Å². The van der Waals surface area contributed by atoms with Crippen molar-refractivity contribution < 1.29 is 4.74 Å². The molecule has 4 nitrogen and oxygen atoms in total. The first-order chi connectivity index (χ1) is 9.72. The first kappa shape index (κ1) is 14.6. The summed E-state index contributed by atoms with van der Waals surface area (Å²) in [6.07, 6.45) is 2.20. The number of hydrogen-bond donors (Lipinski definition) is 1. The Morgan fingerprint density at radius 2 is 1.95 bits per heavy atom. The molecule has 0 spiro atoms. The average Bonchev–Trinajstić information content (AvgIpc) is 2.47. The Morgan fingerprint density at radius 3 is 2.60 bits per heavy atom. The van der Waals surface area contributed by atoms with Gasteiger partial charge in [0.05, 0.1) is 12.8 Å². The lowest BCUT2D eigenvalue weighted by Crippen LogP contribution is -2.05. The first-order valence-corrected chi connectivity index (χ1v) is 7.03. The molecule has 0 aliphatic rings. The molecule has 1 aromatic carbocycles. The number of nitrogens with zero attached hydrogens (tertiary/aromatic N) is 2. The van der Waals surface area contributed by atoms with Crippen LogP contribution in [0.2, 0.25) is 5.15 Å². The molecule has 0 fully saturated rings. The summed E-state index contributed by atoms with van der Waals surface area (Å²) in [5.74, 6) is 1.38. The SMILES string of the molecule is CCCCNc1nc(Cl)cc(-c2ccc(OC)cc2)n1. The molecular weight excluding hydrogens is 274 g/mol. The van der Waals surface area contributed by atoms with Crippen molar-refractivity contribution in [3.05, 3.63) is 35.5 Å². The third-order valence-corrected chi connectivity index (χ3v) is 3.09. The van der Waals surface area contributed by atoms with Crippen LogP contribution in [0.1, 0.15) is 19.8 Å². The van der Waals surface area contributed by atoms with Gasteiger partial charge >= 0.3 is 0 Å². The summed E-state index contributed by atoms with van der Waals surface area (Å²) in [7, 11) is 1.65. The third-order valence-electron chi connectivity index (χ3n) is 2.89. The molecule has 2 rings (SSSR count). The summed E-state index contributed by atoms with van der Waals surface area (Å²) in [5.41, 5.74) is 1.78. The highest BCUT2D eigenvalue weighted by Crippen LogP contribution is 2.23. The second-order valence-electron chi connectivity index (χ2n) is 4.41. The maximum absolute atomic E-state index is 6.06. The van der Waals surface area contributed by atoms with E-state index in [9.17, 15) is 0 Å². The van der Waals surface area contributed by atoms with Crippen molar-refractivity contribution in [2.24, 2.45) is 0 Å². The zero-order chi connectivity index (χ0) is 14.4. The van der Waals surface area contributed by atoms with Gasteiger partial charge in [0, 0.05) is 18.2 Å². The van der Waals surface area contributed by atoms with Crippen LogP contribution in [-0.4, -0.2) is 23.6 Å². The third kappa shape index (κ3) is 3.84. The molecule has 106 valence electrons. The summed E-state index contributed by atoms with van der Waals surface area (Å²) < 4.78 is 5.15. The van der Waals surface area contributed by atoms with Crippen molar-refractivity contribution in [3.8, 4) is 17.0 Å². The van der Waals surface area contributed by atoms with E-state index in [2.05, 4.69) is 22.2 Å². The van der Waals surface area contributed by atoms with Gasteiger partial charge in [0.25, 0.3) is 0 Å². The van der Waals surface area contributed by atoms with Gasteiger partial charge in [-0.25, -0.2) is 9.97 Å². The van der Waals surface area contributed by atoms with E-state index in [0.717, 1.165) is 36.4 Å². The molecule has 2 aromatic rings. The van der Waals surface area contributed by atoms with Crippen molar-refractivity contribution in [3.63, 3.8) is 0 Å². The predicted octanol–water partition coefficient (Wildman–Crippen LogP) is 4.02. The fourth-order valence-corrected chi connectivity index (χ4v) is 1.97. The van der Waals surface area contributed by atoms with E-state index in [-0.39, 0.29) is 0 Å². The maximum Gasteiger partial charge on any atom is 0.224 e. The summed E-state index contributed by atoms with van der Waals surface area (Å²) in [5, 5.41) is 3.62. The van der Waals surface area contributed by atoms with E-state index in [1.165, 1.54) is 0 Å². The van der Waals surface area contributed by atoms with Crippen LogP contribution in [0.3, 0.4) is 0 Å². The fraction of sp³-hybridized carbons (Fsp3) is 0.333. The van der Waals surface area contributed by atoms with E-state index in [1.807, 2.05) is 24.3 Å². The van der Waals surface area contributed by atoms with Gasteiger partial charge in [-0.3, -0.25) is 0 Å². The lowest BCUT2D eigenvalue weighted by atomic mass is 10.1. The predicted molar refractivity (Wildman–Crippen MR) is 82.4 cm³/mol. The topological polar surface area (TPSA) is 47.0 Å². The number of nitrogens with one attached hydrogen (secondary N) is 1. The van der Waals surface area contributed by atoms with Crippen LogP contribution < -0.4 is 10.1 Å². The molecule has 5 heteroatoms. The Labute approximate surface area is 124 Å². The Morgan fingerprint density at radius 1 is 1.20 bits per heavy atom. The highest BCUT2D eigenvalue weighted by atomic mass is 35.5. The number of anilines is 1. The number of rotatable bonds is 6. The lowest BCUT2D eigenvalue weighted by Gasteiger charge is -2.08. The van der Waals surface area contributed by atoms with E-state index in [1.54, 1.807) is 13.2 Å². The van der Waals surface area contributed by atoms with Gasteiger partial charge in [-0.05, 0) is 30.7 Å². The normalized spacial score (nSPS) is 10.3. The van der Waals surface area contributed by atoms with Gasteiger partial charge in [-0.1, -0.05) is 24.9 Å². The first-order valence-electron chi connectivity index (χ1n) is 6.66. The minimum Gasteiger partial charge on any atom is -0.497 e. The standard InChI is InChI=1S/C15H18ClN3O/c1-3-4-9-17-15-18-13(10-14(16)19-15)11-5-7-12(20-2)8-6-11/h5-8,10H,3-4,9H2,1-2H3,(H,17,18,19). The van der Waals surface area contributed by atoms with Gasteiger partial charge in [-0.15, -0.1) is 0 Å². The van der Waals surface area contributed by atoms with Crippen molar-refractivity contribution in [2.45, 2.75) is 19.8 Å². The van der Waals surface area contributed by atoms with Crippen LogP contribution in [0.4, 0.5) is 5.95 Å². The number of halogens is 1. The smallest absolute Gasteiger partial charge is 0.224 e. The highest BCUT2D eigenvalue weighted by Gasteiger charge is 2.05. The zero-order valence-electron chi connectivity index (χ0n) is 11.7. The zero-order valence-corrected chi connectivity index (χ0v) is 12.4. The Balaban J connectivity index is 2.21. The molecule has 0 aliphatic carbocycles. The molecule has 1 heterocycles. The molecule has 0 atom stereocenters. The molecule has 0 amide bonds. The van der Waals surface area contributed by atoms with Crippen molar-refractivity contribution in [1.82, 2.24) is 9.97 Å². The Hall–Kier alpha value is -1.81. The van der Waals surface area contributed by atoms with E-state index >= 15 is 0 Å². The van der Waals surface area contributed by atoms with Gasteiger partial charge in [-0.2, -0.15) is 0 Å². The van der Waals surface area contributed by atoms with Gasteiger partial charge in [0.1, 0.15) is 10.9 Å². The second-order valence-corrected chi connectivity index (χ2v) is 4.80. The molecule has 0 aliphatic heterocycles. The van der Waals surface area contributed by atoms with Crippen LogP contribution in [0.15, 0.2) is 30.3 Å². The molecule has 0 radical (unpaired) electrons. The summed E-state index contributed by atoms with van der Waals surface area (Å²) >= 11 is 6.06. The summed E-state index contributed by atoms with van der Waals surface area (Å²) in [6, 6.07) is 9.46. The van der Waals surface area contributed by atoms with Crippen LogP contribution in [0.5, 0.6) is 5.75 Å². The number of ether oxygens (including phenoxy) is 1. The number of methoxy groups -OCH3 is 1. The number of unbranched alkanes of at least 4 members (excludes halogenated alkanes) is 1. The van der Waals surface area contributed by atoms with Crippen LogP contribution in [0, 0.1) is 0 Å². The maximum atomic E-state index is 6.06. The summed E-state index contributed by atoms with van der Waals surface area (Å²) in [4.78, 5) is 8.67. The molecule has 0 saturated heterocycles. The molecule has 20 heavy (non-hydrogen) atoms. The lowest BCUT2D eigenvalue weighted by molar-refractivity contribution is 0.415. The van der Waals surface area contributed by atoms with Crippen molar-refractivity contribution in [1.29, 1.82) is 0 Å². The van der Waals surface area contributed by atoms with Crippen LogP contribution >= 0.6 is 11.6 Å².